The third-order valence-electron chi connectivity index (χ3n) is 0.994. The Morgan fingerprint density at radius 1 is 1.67 bits per heavy atom. The predicted molar refractivity (Wildman–Crippen MR) is 35.1 cm³/mol. The lowest BCUT2D eigenvalue weighted by Gasteiger charge is -2.15. The van der Waals surface area contributed by atoms with Crippen LogP contribution in [-0.4, -0.2) is 25.0 Å². The zero-order valence-electron chi connectivity index (χ0n) is 6.10. The van der Waals surface area contributed by atoms with Gasteiger partial charge in [-0.15, -0.1) is 0 Å². The number of ketones is 1. The molecular formula is C6H13NO2. The molecule has 0 aromatic carbocycles. The molecule has 3 heteroatoms. The fourth-order valence-electron chi connectivity index (χ4n) is 0.317. The molecule has 0 spiro atoms. The summed E-state index contributed by atoms with van der Waals surface area (Å²) in [6, 6.07) is 0. The first-order chi connectivity index (χ1) is 3.98. The van der Waals surface area contributed by atoms with Gasteiger partial charge < -0.3 is 10.5 Å². The summed E-state index contributed by atoms with van der Waals surface area (Å²) in [7, 11) is 1.48. The maximum Gasteiger partial charge on any atom is 0.177 e. The van der Waals surface area contributed by atoms with Gasteiger partial charge in [-0.25, -0.2) is 0 Å². The smallest absolute Gasteiger partial charge is 0.177 e. The Morgan fingerprint density at radius 2 is 2.11 bits per heavy atom. The summed E-state index contributed by atoms with van der Waals surface area (Å²) in [5, 5.41) is 0. The molecule has 0 fully saturated rings. The monoisotopic (exact) mass is 131 g/mol. The van der Waals surface area contributed by atoms with Crippen LogP contribution in [0.1, 0.15) is 13.8 Å². The average Bonchev–Trinajstić information content (AvgIpc) is 1.64. The number of Topliss-reactive ketones (excluding diaryl/α,β-unsaturated/α-hetero) is 1. The zero-order chi connectivity index (χ0) is 7.49. The molecule has 0 atom stereocenters. The highest BCUT2D eigenvalue weighted by Gasteiger charge is 2.20. The van der Waals surface area contributed by atoms with Crippen LogP contribution in [0.25, 0.3) is 0 Å². The van der Waals surface area contributed by atoms with Crippen LogP contribution < -0.4 is 5.73 Å². The van der Waals surface area contributed by atoms with Gasteiger partial charge in [0.25, 0.3) is 0 Å². The zero-order valence-corrected chi connectivity index (χ0v) is 6.10. The van der Waals surface area contributed by atoms with Gasteiger partial charge >= 0.3 is 0 Å². The van der Waals surface area contributed by atoms with E-state index in [0.29, 0.717) is 0 Å². The van der Waals surface area contributed by atoms with Crippen LogP contribution in [0, 0.1) is 0 Å². The number of hydrogen-bond donors (Lipinski definition) is 1. The molecule has 0 aliphatic rings. The van der Waals surface area contributed by atoms with E-state index in [1.165, 1.54) is 7.11 Å². The van der Waals surface area contributed by atoms with Crippen LogP contribution in [0.5, 0.6) is 0 Å². The van der Waals surface area contributed by atoms with E-state index in [4.69, 9.17) is 5.73 Å². The van der Waals surface area contributed by atoms with E-state index < -0.39 is 5.54 Å². The van der Waals surface area contributed by atoms with Crippen LogP contribution in [-0.2, 0) is 9.53 Å². The van der Waals surface area contributed by atoms with Gasteiger partial charge in [0.15, 0.2) is 5.78 Å². The molecular weight excluding hydrogens is 118 g/mol. The first-order valence-electron chi connectivity index (χ1n) is 2.79. The SMILES string of the molecule is COCC(=O)C(C)(C)N. The number of hydrogen-bond acceptors (Lipinski definition) is 3. The van der Waals surface area contributed by atoms with Crippen LogP contribution in [0.4, 0.5) is 0 Å². The average molecular weight is 131 g/mol. The summed E-state index contributed by atoms with van der Waals surface area (Å²) in [5.41, 5.74) is 4.68. The molecule has 0 bridgehead atoms. The van der Waals surface area contributed by atoms with Crippen LogP contribution in [0.3, 0.4) is 0 Å². The minimum atomic E-state index is -0.754. The lowest BCUT2D eigenvalue weighted by Crippen LogP contribution is -2.43. The van der Waals surface area contributed by atoms with E-state index in [9.17, 15) is 4.79 Å². The molecule has 0 saturated heterocycles. The van der Waals surface area contributed by atoms with E-state index >= 15 is 0 Å². The maximum atomic E-state index is 10.8. The molecule has 0 aliphatic carbocycles. The highest BCUT2D eigenvalue weighted by atomic mass is 16.5. The van der Waals surface area contributed by atoms with Crippen LogP contribution in [0.15, 0.2) is 0 Å². The Morgan fingerprint density at radius 3 is 2.22 bits per heavy atom. The Labute approximate surface area is 55.2 Å². The van der Waals surface area contributed by atoms with Crippen molar-refractivity contribution >= 4 is 5.78 Å². The largest absolute Gasteiger partial charge is 0.377 e. The molecule has 0 aromatic rings. The molecule has 0 aromatic heterocycles. The molecule has 2 N–H and O–H groups in total. The minimum absolute atomic E-state index is 0.0787. The summed E-state index contributed by atoms with van der Waals surface area (Å²) in [6.45, 7) is 3.42. The number of rotatable bonds is 3. The second kappa shape index (κ2) is 2.94. The van der Waals surface area contributed by atoms with E-state index in [2.05, 4.69) is 4.74 Å². The van der Waals surface area contributed by atoms with Crippen molar-refractivity contribution in [3.8, 4) is 0 Å². The molecule has 0 unspecified atom stereocenters. The number of carbonyl (C=O) groups excluding carboxylic acids is 1. The van der Waals surface area contributed by atoms with Crippen molar-refractivity contribution in [2.45, 2.75) is 19.4 Å². The molecule has 0 saturated carbocycles. The van der Waals surface area contributed by atoms with Gasteiger partial charge in [0, 0.05) is 7.11 Å². The summed E-state index contributed by atoms with van der Waals surface area (Å²) < 4.78 is 4.60. The fourth-order valence-corrected chi connectivity index (χ4v) is 0.317. The Balaban J connectivity index is 3.74. The first-order valence-corrected chi connectivity index (χ1v) is 2.79. The lowest BCUT2D eigenvalue weighted by atomic mass is 10.0. The number of methoxy groups -OCH3 is 1. The second-order valence-corrected chi connectivity index (χ2v) is 2.58. The third-order valence-corrected chi connectivity index (χ3v) is 0.994. The number of nitrogens with two attached hydrogens (primary N) is 1. The number of ether oxygens (including phenoxy) is 1. The van der Waals surface area contributed by atoms with Crippen molar-refractivity contribution < 1.29 is 9.53 Å². The summed E-state index contributed by atoms with van der Waals surface area (Å²) in [5.74, 6) is -0.0787. The topological polar surface area (TPSA) is 52.3 Å². The molecule has 3 nitrogen and oxygen atoms in total. The van der Waals surface area contributed by atoms with Crippen molar-refractivity contribution in [3.63, 3.8) is 0 Å². The predicted octanol–water partition coefficient (Wildman–Crippen LogP) is -0.0608. The summed E-state index contributed by atoms with van der Waals surface area (Å²) in [4.78, 5) is 10.8. The van der Waals surface area contributed by atoms with Crippen molar-refractivity contribution in [3.05, 3.63) is 0 Å². The maximum absolute atomic E-state index is 10.8. The first kappa shape index (κ1) is 8.59. The Bertz CT molecular complexity index is 104. The highest BCUT2D eigenvalue weighted by Crippen LogP contribution is 1.97. The summed E-state index contributed by atoms with van der Waals surface area (Å²) >= 11 is 0. The van der Waals surface area contributed by atoms with E-state index in [1.54, 1.807) is 13.8 Å². The van der Waals surface area contributed by atoms with Crippen LogP contribution >= 0.6 is 0 Å². The quantitative estimate of drug-likeness (QED) is 0.583. The van der Waals surface area contributed by atoms with E-state index in [1.807, 2.05) is 0 Å². The van der Waals surface area contributed by atoms with E-state index in [-0.39, 0.29) is 12.4 Å². The van der Waals surface area contributed by atoms with Crippen molar-refractivity contribution in [1.29, 1.82) is 0 Å². The van der Waals surface area contributed by atoms with Gasteiger partial charge in [0.1, 0.15) is 6.61 Å². The molecule has 0 radical (unpaired) electrons. The van der Waals surface area contributed by atoms with Gasteiger partial charge in [0.05, 0.1) is 5.54 Å². The van der Waals surface area contributed by atoms with Crippen LogP contribution in [0.2, 0.25) is 0 Å². The van der Waals surface area contributed by atoms with Crippen molar-refractivity contribution in [2.24, 2.45) is 5.73 Å². The molecule has 0 aliphatic heterocycles. The second-order valence-electron chi connectivity index (χ2n) is 2.58. The Kier molecular flexibility index (Phi) is 2.81. The van der Waals surface area contributed by atoms with Gasteiger partial charge in [0.2, 0.25) is 0 Å². The highest BCUT2D eigenvalue weighted by molar-refractivity contribution is 5.88. The standard InChI is InChI=1S/C6H13NO2/c1-6(2,7)5(8)4-9-3/h4,7H2,1-3H3. The molecule has 9 heavy (non-hydrogen) atoms. The van der Waals surface area contributed by atoms with E-state index in [0.717, 1.165) is 0 Å². The fraction of sp³-hybridized carbons (Fsp3) is 0.833. The lowest BCUT2D eigenvalue weighted by molar-refractivity contribution is -0.126. The van der Waals surface area contributed by atoms with Crippen molar-refractivity contribution in [2.75, 3.05) is 13.7 Å². The van der Waals surface area contributed by atoms with Gasteiger partial charge in [-0.2, -0.15) is 0 Å². The minimum Gasteiger partial charge on any atom is -0.377 e. The van der Waals surface area contributed by atoms with Gasteiger partial charge in [-0.1, -0.05) is 0 Å². The van der Waals surface area contributed by atoms with Gasteiger partial charge in [-0.3, -0.25) is 4.79 Å². The molecule has 54 valence electrons. The third kappa shape index (κ3) is 3.21. The molecule has 0 rings (SSSR count). The van der Waals surface area contributed by atoms with Crippen molar-refractivity contribution in [1.82, 2.24) is 0 Å². The molecule has 0 heterocycles. The van der Waals surface area contributed by atoms with Gasteiger partial charge in [-0.05, 0) is 13.8 Å². The normalized spacial score (nSPS) is 11.6. The summed E-state index contributed by atoms with van der Waals surface area (Å²) in [6.07, 6.45) is 0. The Hall–Kier alpha value is -0.410. The molecule has 0 amide bonds. The number of carbonyl (C=O) groups is 1.